The van der Waals surface area contributed by atoms with Crippen LogP contribution < -0.4 is 0 Å². The number of aliphatic hydroxyl groups excluding tert-OH is 1. The molecule has 1 N–H and O–H groups in total. The SMILES string of the molecule is CN(CCO)CC1CCc2ccc([N+](=O)[O-])cc21. The van der Waals surface area contributed by atoms with E-state index in [-0.39, 0.29) is 17.2 Å². The van der Waals surface area contributed by atoms with Gasteiger partial charge in [-0.1, -0.05) is 6.07 Å². The Hall–Kier alpha value is -1.46. The van der Waals surface area contributed by atoms with Crippen LogP contribution in [0.4, 0.5) is 5.69 Å². The number of rotatable bonds is 5. The highest BCUT2D eigenvalue weighted by Crippen LogP contribution is 2.35. The maximum absolute atomic E-state index is 10.8. The van der Waals surface area contributed by atoms with E-state index in [0.29, 0.717) is 12.5 Å². The third-order valence-electron chi connectivity index (χ3n) is 3.56. The van der Waals surface area contributed by atoms with Gasteiger partial charge in [-0.3, -0.25) is 10.1 Å². The second kappa shape index (κ2) is 5.46. The van der Waals surface area contributed by atoms with Gasteiger partial charge in [-0.05, 0) is 36.9 Å². The molecule has 0 aromatic heterocycles. The average Bonchev–Trinajstić information content (AvgIpc) is 2.72. The fraction of sp³-hybridized carbons (Fsp3) is 0.538. The van der Waals surface area contributed by atoms with E-state index in [1.807, 2.05) is 13.1 Å². The van der Waals surface area contributed by atoms with Crippen LogP contribution in [0, 0.1) is 10.1 Å². The molecule has 0 amide bonds. The smallest absolute Gasteiger partial charge is 0.269 e. The Balaban J connectivity index is 2.15. The van der Waals surface area contributed by atoms with Crippen LogP contribution in [-0.2, 0) is 6.42 Å². The molecule has 0 saturated heterocycles. The van der Waals surface area contributed by atoms with Gasteiger partial charge in [-0.15, -0.1) is 0 Å². The predicted molar refractivity (Wildman–Crippen MR) is 68.7 cm³/mol. The highest BCUT2D eigenvalue weighted by molar-refractivity contribution is 5.44. The van der Waals surface area contributed by atoms with Crippen molar-refractivity contribution in [2.75, 3.05) is 26.7 Å². The van der Waals surface area contributed by atoms with Gasteiger partial charge >= 0.3 is 0 Å². The minimum absolute atomic E-state index is 0.144. The summed E-state index contributed by atoms with van der Waals surface area (Å²) in [5.41, 5.74) is 2.50. The summed E-state index contributed by atoms with van der Waals surface area (Å²) in [5, 5.41) is 19.7. The summed E-state index contributed by atoms with van der Waals surface area (Å²) >= 11 is 0. The summed E-state index contributed by atoms with van der Waals surface area (Å²) in [7, 11) is 1.96. The lowest BCUT2D eigenvalue weighted by molar-refractivity contribution is -0.384. The number of fused-ring (bicyclic) bond motifs is 1. The van der Waals surface area contributed by atoms with E-state index in [9.17, 15) is 10.1 Å². The van der Waals surface area contributed by atoms with Crippen LogP contribution in [0.5, 0.6) is 0 Å². The van der Waals surface area contributed by atoms with Crippen molar-refractivity contribution in [2.24, 2.45) is 0 Å². The van der Waals surface area contributed by atoms with Crippen molar-refractivity contribution >= 4 is 5.69 Å². The molecule has 0 saturated carbocycles. The molecule has 0 aliphatic heterocycles. The fourth-order valence-corrected chi connectivity index (χ4v) is 2.62. The number of nitro benzene ring substituents is 1. The van der Waals surface area contributed by atoms with Crippen LogP contribution in [0.25, 0.3) is 0 Å². The average molecular weight is 250 g/mol. The van der Waals surface area contributed by atoms with Crippen molar-refractivity contribution in [3.8, 4) is 0 Å². The number of aliphatic hydroxyl groups is 1. The number of benzene rings is 1. The molecule has 0 radical (unpaired) electrons. The van der Waals surface area contributed by atoms with Crippen LogP contribution in [-0.4, -0.2) is 41.7 Å². The van der Waals surface area contributed by atoms with E-state index in [2.05, 4.69) is 4.90 Å². The maximum Gasteiger partial charge on any atom is 0.269 e. The van der Waals surface area contributed by atoms with Gasteiger partial charge < -0.3 is 10.0 Å². The number of likely N-dealkylation sites (N-methyl/N-ethyl adjacent to an activating group) is 1. The van der Waals surface area contributed by atoms with Gasteiger partial charge in [0.15, 0.2) is 0 Å². The Labute approximate surface area is 106 Å². The van der Waals surface area contributed by atoms with Gasteiger partial charge in [0, 0.05) is 25.2 Å². The monoisotopic (exact) mass is 250 g/mol. The molecular formula is C13H18N2O3. The third kappa shape index (κ3) is 2.68. The molecule has 1 aliphatic carbocycles. The Morgan fingerprint density at radius 2 is 2.33 bits per heavy atom. The molecule has 1 aliphatic rings. The zero-order valence-electron chi connectivity index (χ0n) is 10.5. The largest absolute Gasteiger partial charge is 0.395 e. The molecule has 0 fully saturated rings. The van der Waals surface area contributed by atoms with Gasteiger partial charge in [0.05, 0.1) is 11.5 Å². The van der Waals surface area contributed by atoms with Crippen molar-refractivity contribution in [1.29, 1.82) is 0 Å². The summed E-state index contributed by atoms with van der Waals surface area (Å²) in [6, 6.07) is 5.16. The quantitative estimate of drug-likeness (QED) is 0.636. The van der Waals surface area contributed by atoms with Gasteiger partial charge in [0.1, 0.15) is 0 Å². The van der Waals surface area contributed by atoms with Crippen molar-refractivity contribution in [2.45, 2.75) is 18.8 Å². The fourth-order valence-electron chi connectivity index (χ4n) is 2.62. The number of nitro groups is 1. The van der Waals surface area contributed by atoms with Crippen LogP contribution >= 0.6 is 0 Å². The molecular weight excluding hydrogens is 232 g/mol. The van der Waals surface area contributed by atoms with E-state index in [1.54, 1.807) is 12.1 Å². The molecule has 0 bridgehead atoms. The predicted octanol–water partition coefficient (Wildman–Crippen LogP) is 1.55. The molecule has 98 valence electrons. The summed E-state index contributed by atoms with van der Waals surface area (Å²) in [6.07, 6.45) is 2.03. The highest BCUT2D eigenvalue weighted by atomic mass is 16.6. The maximum atomic E-state index is 10.8. The van der Waals surface area contributed by atoms with E-state index in [0.717, 1.165) is 24.9 Å². The normalized spacial score (nSPS) is 18.1. The summed E-state index contributed by atoms with van der Waals surface area (Å²) in [4.78, 5) is 12.5. The molecule has 5 nitrogen and oxygen atoms in total. The zero-order chi connectivity index (χ0) is 13.1. The van der Waals surface area contributed by atoms with Gasteiger partial charge in [-0.2, -0.15) is 0 Å². The Kier molecular flexibility index (Phi) is 3.93. The van der Waals surface area contributed by atoms with Crippen LogP contribution in [0.2, 0.25) is 0 Å². The molecule has 1 unspecified atom stereocenters. The van der Waals surface area contributed by atoms with Crippen molar-refractivity contribution in [3.63, 3.8) is 0 Å². The molecule has 2 rings (SSSR count). The highest BCUT2D eigenvalue weighted by Gasteiger charge is 2.25. The van der Waals surface area contributed by atoms with Crippen molar-refractivity contribution in [3.05, 3.63) is 39.4 Å². The topological polar surface area (TPSA) is 66.6 Å². The number of aryl methyl sites for hydroxylation is 1. The first-order valence-corrected chi connectivity index (χ1v) is 6.18. The summed E-state index contributed by atoms with van der Waals surface area (Å²) < 4.78 is 0. The summed E-state index contributed by atoms with van der Waals surface area (Å²) in [6.45, 7) is 1.63. The standard InChI is InChI=1S/C13H18N2O3/c1-14(6-7-16)9-11-3-2-10-4-5-12(15(17)18)8-13(10)11/h4-5,8,11,16H,2-3,6-7,9H2,1H3. The first-order valence-electron chi connectivity index (χ1n) is 6.18. The second-order valence-corrected chi connectivity index (χ2v) is 4.86. The third-order valence-corrected chi connectivity index (χ3v) is 3.56. The molecule has 1 aromatic carbocycles. The molecule has 18 heavy (non-hydrogen) atoms. The van der Waals surface area contributed by atoms with Gasteiger partial charge in [0.25, 0.3) is 5.69 Å². The molecule has 5 heteroatoms. The molecule has 0 spiro atoms. The Morgan fingerprint density at radius 3 is 3.00 bits per heavy atom. The van der Waals surface area contributed by atoms with Crippen molar-refractivity contribution < 1.29 is 10.0 Å². The van der Waals surface area contributed by atoms with E-state index in [1.165, 1.54) is 5.56 Å². The number of non-ortho nitro benzene ring substituents is 1. The van der Waals surface area contributed by atoms with Crippen LogP contribution in [0.15, 0.2) is 18.2 Å². The number of hydrogen-bond acceptors (Lipinski definition) is 4. The van der Waals surface area contributed by atoms with Crippen LogP contribution in [0.1, 0.15) is 23.5 Å². The second-order valence-electron chi connectivity index (χ2n) is 4.86. The molecule has 1 aromatic rings. The van der Waals surface area contributed by atoms with Gasteiger partial charge in [-0.25, -0.2) is 0 Å². The lowest BCUT2D eigenvalue weighted by Gasteiger charge is -2.20. The zero-order valence-corrected chi connectivity index (χ0v) is 10.5. The lowest BCUT2D eigenvalue weighted by Crippen LogP contribution is -2.26. The molecule has 0 heterocycles. The van der Waals surface area contributed by atoms with E-state index >= 15 is 0 Å². The summed E-state index contributed by atoms with van der Waals surface area (Å²) in [5.74, 6) is 0.344. The van der Waals surface area contributed by atoms with E-state index < -0.39 is 0 Å². The minimum Gasteiger partial charge on any atom is -0.395 e. The van der Waals surface area contributed by atoms with Crippen LogP contribution in [0.3, 0.4) is 0 Å². The van der Waals surface area contributed by atoms with E-state index in [4.69, 9.17) is 5.11 Å². The lowest BCUT2D eigenvalue weighted by atomic mass is 10.0. The first kappa shape index (κ1) is 13.0. The molecule has 1 atom stereocenters. The Morgan fingerprint density at radius 1 is 1.56 bits per heavy atom. The van der Waals surface area contributed by atoms with Crippen molar-refractivity contribution in [1.82, 2.24) is 4.90 Å². The minimum atomic E-state index is -0.340. The Bertz CT molecular complexity index is 448. The number of nitrogens with zero attached hydrogens (tertiary/aromatic N) is 2. The van der Waals surface area contributed by atoms with Gasteiger partial charge in [0.2, 0.25) is 0 Å². The number of hydrogen-bond donors (Lipinski definition) is 1. The first-order chi connectivity index (χ1) is 8.61.